The van der Waals surface area contributed by atoms with Crippen LogP contribution >= 0.6 is 0 Å². The highest BCUT2D eigenvalue weighted by molar-refractivity contribution is 5.81. The second-order valence-corrected chi connectivity index (χ2v) is 4.83. The highest BCUT2D eigenvalue weighted by atomic mass is 16.7. The molecular formula is C14H20N2O4. The Kier molecular flexibility index (Phi) is 6.52. The van der Waals surface area contributed by atoms with Gasteiger partial charge < -0.3 is 14.9 Å². The van der Waals surface area contributed by atoms with Crippen LogP contribution in [0, 0.1) is 5.92 Å². The fourth-order valence-corrected chi connectivity index (χ4v) is 1.67. The lowest BCUT2D eigenvalue weighted by Gasteiger charge is -2.17. The molecule has 0 aliphatic heterocycles. The summed E-state index contributed by atoms with van der Waals surface area (Å²) >= 11 is 0. The van der Waals surface area contributed by atoms with Crippen LogP contribution in [0.5, 0.6) is 0 Å². The van der Waals surface area contributed by atoms with Gasteiger partial charge in [-0.25, -0.2) is 9.59 Å². The molecule has 0 unspecified atom stereocenters. The fourth-order valence-electron chi connectivity index (χ4n) is 1.67. The molecule has 0 saturated heterocycles. The average Bonchev–Trinajstić information content (AvgIpc) is 2.44. The lowest BCUT2D eigenvalue weighted by molar-refractivity contribution is -0.147. The van der Waals surface area contributed by atoms with E-state index in [1.54, 1.807) is 0 Å². The molecule has 0 spiro atoms. The van der Waals surface area contributed by atoms with Crippen molar-refractivity contribution in [2.24, 2.45) is 11.8 Å². The molecule has 0 aliphatic rings. The van der Waals surface area contributed by atoms with E-state index in [-0.39, 0.29) is 12.5 Å². The molecule has 3 N–H and O–H groups in total. The van der Waals surface area contributed by atoms with E-state index in [0.29, 0.717) is 6.42 Å². The first-order valence-corrected chi connectivity index (χ1v) is 6.40. The molecule has 0 aliphatic carbocycles. The van der Waals surface area contributed by atoms with Crippen LogP contribution in [0.25, 0.3) is 0 Å². The minimum atomic E-state index is -0.803. The van der Waals surface area contributed by atoms with E-state index in [0.717, 1.165) is 5.56 Å². The van der Waals surface area contributed by atoms with Crippen molar-refractivity contribution in [2.75, 3.05) is 0 Å². The van der Waals surface area contributed by atoms with E-state index in [4.69, 9.17) is 10.6 Å². The Balaban J connectivity index is 2.47. The molecule has 20 heavy (non-hydrogen) atoms. The summed E-state index contributed by atoms with van der Waals surface area (Å²) in [5, 5.41) is 2.45. The monoisotopic (exact) mass is 280 g/mol. The molecule has 1 amide bonds. The van der Waals surface area contributed by atoms with Gasteiger partial charge in [-0.2, -0.15) is 5.90 Å². The smallest absolute Gasteiger partial charge is 0.408 e. The van der Waals surface area contributed by atoms with Crippen molar-refractivity contribution in [2.45, 2.75) is 32.9 Å². The zero-order valence-electron chi connectivity index (χ0n) is 11.7. The first kappa shape index (κ1) is 16.0. The summed E-state index contributed by atoms with van der Waals surface area (Å²) in [6.45, 7) is 3.99. The molecule has 0 aromatic heterocycles. The van der Waals surface area contributed by atoms with Crippen LogP contribution < -0.4 is 11.2 Å². The molecule has 0 saturated carbocycles. The number of alkyl carbamates (subject to hydrolysis) is 1. The largest absolute Gasteiger partial charge is 0.445 e. The molecule has 1 rings (SSSR count). The fraction of sp³-hybridized carbons (Fsp3) is 0.429. The molecule has 0 heterocycles. The predicted molar refractivity (Wildman–Crippen MR) is 73.3 cm³/mol. The van der Waals surface area contributed by atoms with Crippen LogP contribution in [-0.4, -0.2) is 18.1 Å². The molecule has 110 valence electrons. The summed E-state index contributed by atoms with van der Waals surface area (Å²) in [5.74, 6) is 4.37. The number of benzene rings is 1. The first-order valence-electron chi connectivity index (χ1n) is 6.40. The molecule has 0 radical (unpaired) electrons. The third-order valence-corrected chi connectivity index (χ3v) is 2.61. The standard InChI is InChI=1S/C14H20N2O4/c1-10(2)8-12(13(17)20-15)16-14(18)19-9-11-6-4-3-5-7-11/h3-7,10,12H,8-9,15H2,1-2H3,(H,16,18)/t12-/m0/s1. The summed E-state index contributed by atoms with van der Waals surface area (Å²) in [4.78, 5) is 27.3. The Labute approximate surface area is 118 Å². The van der Waals surface area contributed by atoms with E-state index in [1.165, 1.54) is 0 Å². The molecular weight excluding hydrogens is 260 g/mol. The number of carbonyl (C=O) groups excluding carboxylic acids is 2. The quantitative estimate of drug-likeness (QED) is 0.775. The summed E-state index contributed by atoms with van der Waals surface area (Å²) in [6, 6.07) is 8.45. The van der Waals surface area contributed by atoms with Gasteiger partial charge in [-0.1, -0.05) is 44.2 Å². The molecule has 0 fully saturated rings. The molecule has 1 atom stereocenters. The summed E-state index contributed by atoms with van der Waals surface area (Å²) in [6.07, 6.45) is -0.249. The van der Waals surface area contributed by atoms with E-state index in [9.17, 15) is 9.59 Å². The van der Waals surface area contributed by atoms with Gasteiger partial charge in [-0.15, -0.1) is 0 Å². The number of hydrogen-bond donors (Lipinski definition) is 2. The van der Waals surface area contributed by atoms with Crippen LogP contribution in [0.2, 0.25) is 0 Å². The lowest BCUT2D eigenvalue weighted by atomic mass is 10.0. The number of nitrogens with one attached hydrogen (secondary N) is 1. The topological polar surface area (TPSA) is 90.6 Å². The SMILES string of the molecule is CC(C)C[C@H](NC(=O)OCc1ccccc1)C(=O)ON. The number of ether oxygens (including phenoxy) is 1. The molecule has 0 bridgehead atoms. The number of rotatable bonds is 6. The maximum absolute atomic E-state index is 11.6. The number of nitrogens with two attached hydrogens (primary N) is 1. The van der Waals surface area contributed by atoms with Crippen LogP contribution in [-0.2, 0) is 21.0 Å². The van der Waals surface area contributed by atoms with Gasteiger partial charge in [0, 0.05) is 0 Å². The average molecular weight is 280 g/mol. The van der Waals surface area contributed by atoms with Crippen LogP contribution in [0.3, 0.4) is 0 Å². The van der Waals surface area contributed by atoms with Gasteiger partial charge in [0.2, 0.25) is 0 Å². The van der Waals surface area contributed by atoms with Gasteiger partial charge in [0.15, 0.2) is 0 Å². The molecule has 1 aromatic rings. The minimum Gasteiger partial charge on any atom is -0.445 e. The predicted octanol–water partition coefficient (Wildman–Crippen LogP) is 1.74. The van der Waals surface area contributed by atoms with Gasteiger partial charge >= 0.3 is 12.1 Å². The van der Waals surface area contributed by atoms with Crippen molar-refractivity contribution in [1.82, 2.24) is 5.32 Å². The first-order chi connectivity index (χ1) is 9.52. The third-order valence-electron chi connectivity index (χ3n) is 2.61. The molecule has 6 nitrogen and oxygen atoms in total. The number of hydrogen-bond acceptors (Lipinski definition) is 5. The zero-order chi connectivity index (χ0) is 15.0. The van der Waals surface area contributed by atoms with E-state index in [2.05, 4.69) is 10.2 Å². The van der Waals surface area contributed by atoms with Gasteiger partial charge in [-0.05, 0) is 17.9 Å². The maximum atomic E-state index is 11.6. The molecule has 6 heteroatoms. The maximum Gasteiger partial charge on any atom is 0.408 e. The Bertz CT molecular complexity index is 434. The zero-order valence-corrected chi connectivity index (χ0v) is 11.7. The van der Waals surface area contributed by atoms with Crippen LogP contribution in [0.4, 0.5) is 4.79 Å². The lowest BCUT2D eigenvalue weighted by Crippen LogP contribution is -2.43. The van der Waals surface area contributed by atoms with Crippen molar-refractivity contribution in [1.29, 1.82) is 0 Å². The van der Waals surface area contributed by atoms with Crippen molar-refractivity contribution in [3.05, 3.63) is 35.9 Å². The Morgan fingerprint density at radius 2 is 1.90 bits per heavy atom. The van der Waals surface area contributed by atoms with Crippen molar-refractivity contribution in [3.8, 4) is 0 Å². The van der Waals surface area contributed by atoms with Crippen molar-refractivity contribution < 1.29 is 19.2 Å². The minimum absolute atomic E-state index is 0.138. The summed E-state index contributed by atoms with van der Waals surface area (Å²) in [7, 11) is 0. The number of amides is 1. The normalized spacial score (nSPS) is 11.8. The Morgan fingerprint density at radius 1 is 1.25 bits per heavy atom. The third kappa shape index (κ3) is 5.71. The highest BCUT2D eigenvalue weighted by Crippen LogP contribution is 2.07. The van der Waals surface area contributed by atoms with E-state index < -0.39 is 18.1 Å². The summed E-state index contributed by atoms with van der Waals surface area (Å²) < 4.78 is 5.04. The van der Waals surface area contributed by atoms with Gasteiger partial charge in [0.25, 0.3) is 0 Å². The van der Waals surface area contributed by atoms with Crippen molar-refractivity contribution in [3.63, 3.8) is 0 Å². The summed E-state index contributed by atoms with van der Waals surface area (Å²) in [5.41, 5.74) is 0.865. The second kappa shape index (κ2) is 8.16. The second-order valence-electron chi connectivity index (χ2n) is 4.83. The van der Waals surface area contributed by atoms with Crippen LogP contribution in [0.1, 0.15) is 25.8 Å². The van der Waals surface area contributed by atoms with Crippen molar-refractivity contribution >= 4 is 12.1 Å². The highest BCUT2D eigenvalue weighted by Gasteiger charge is 2.23. The van der Waals surface area contributed by atoms with E-state index in [1.807, 2.05) is 44.2 Å². The van der Waals surface area contributed by atoms with Gasteiger partial charge in [-0.3, -0.25) is 0 Å². The van der Waals surface area contributed by atoms with Gasteiger partial charge in [0.1, 0.15) is 12.6 Å². The Hall–Kier alpha value is -2.08. The van der Waals surface area contributed by atoms with Crippen LogP contribution in [0.15, 0.2) is 30.3 Å². The van der Waals surface area contributed by atoms with Gasteiger partial charge in [0.05, 0.1) is 0 Å². The molecule has 1 aromatic carbocycles. The Morgan fingerprint density at radius 3 is 2.45 bits per heavy atom. The van der Waals surface area contributed by atoms with E-state index >= 15 is 0 Å². The number of carbonyl (C=O) groups is 2.